The Hall–Kier alpha value is -0.870. The van der Waals surface area contributed by atoms with E-state index < -0.39 is 5.60 Å². The maximum absolute atomic E-state index is 10.4. The van der Waals surface area contributed by atoms with Gasteiger partial charge in [0.15, 0.2) is 0 Å². The lowest BCUT2D eigenvalue weighted by molar-refractivity contribution is 0.0386. The van der Waals surface area contributed by atoms with Gasteiger partial charge in [-0.1, -0.05) is 13.8 Å². The molecule has 0 radical (unpaired) electrons. The first-order valence-electron chi connectivity index (χ1n) is 6.07. The van der Waals surface area contributed by atoms with Gasteiger partial charge in [-0.2, -0.15) is 5.10 Å². The summed E-state index contributed by atoms with van der Waals surface area (Å²) in [7, 11) is 0. The summed E-state index contributed by atoms with van der Waals surface area (Å²) < 4.78 is 1.89. The van der Waals surface area contributed by atoms with E-state index in [2.05, 4.69) is 24.3 Å². The summed E-state index contributed by atoms with van der Waals surface area (Å²) in [6, 6.07) is 1.90. The molecule has 4 heteroatoms. The molecule has 16 heavy (non-hydrogen) atoms. The van der Waals surface area contributed by atoms with Crippen LogP contribution < -0.4 is 5.32 Å². The van der Waals surface area contributed by atoms with E-state index in [1.165, 1.54) is 0 Å². The van der Waals surface area contributed by atoms with Crippen LogP contribution in [-0.2, 0) is 12.1 Å². The molecule has 1 aromatic heterocycles. The predicted octanol–water partition coefficient (Wildman–Crippen LogP) is 1.50. The minimum absolute atomic E-state index is 0.705. The van der Waals surface area contributed by atoms with Crippen molar-refractivity contribution in [2.75, 3.05) is 13.1 Å². The highest BCUT2D eigenvalue weighted by molar-refractivity contribution is 5.10. The molecule has 0 fully saturated rings. The van der Waals surface area contributed by atoms with Gasteiger partial charge in [0.1, 0.15) is 5.60 Å². The zero-order valence-corrected chi connectivity index (χ0v) is 10.5. The van der Waals surface area contributed by atoms with Crippen LogP contribution in [0.2, 0.25) is 0 Å². The molecule has 1 atom stereocenters. The van der Waals surface area contributed by atoms with Gasteiger partial charge in [-0.05, 0) is 38.9 Å². The van der Waals surface area contributed by atoms with Gasteiger partial charge < -0.3 is 10.4 Å². The van der Waals surface area contributed by atoms with Gasteiger partial charge in [-0.25, -0.2) is 0 Å². The van der Waals surface area contributed by atoms with Crippen LogP contribution in [0.3, 0.4) is 0 Å². The maximum Gasteiger partial charge on any atom is 0.105 e. The second-order valence-electron chi connectivity index (χ2n) is 4.32. The van der Waals surface area contributed by atoms with E-state index in [0.29, 0.717) is 6.42 Å². The van der Waals surface area contributed by atoms with Crippen LogP contribution in [0, 0.1) is 0 Å². The van der Waals surface area contributed by atoms with Crippen molar-refractivity contribution in [2.24, 2.45) is 0 Å². The molecule has 1 heterocycles. The molecule has 0 aromatic carbocycles. The zero-order chi connectivity index (χ0) is 12.0. The SMILES string of the molecule is CCCn1nccc1C(C)(O)CCNCC. The first kappa shape index (κ1) is 13.2. The number of aromatic nitrogens is 2. The number of hydrogen-bond donors (Lipinski definition) is 2. The lowest BCUT2D eigenvalue weighted by Crippen LogP contribution is -2.30. The molecule has 0 saturated heterocycles. The van der Waals surface area contributed by atoms with Gasteiger partial charge in [0, 0.05) is 12.7 Å². The summed E-state index contributed by atoms with van der Waals surface area (Å²) >= 11 is 0. The van der Waals surface area contributed by atoms with Crippen molar-refractivity contribution in [3.63, 3.8) is 0 Å². The predicted molar refractivity (Wildman–Crippen MR) is 65.2 cm³/mol. The fourth-order valence-electron chi connectivity index (χ4n) is 1.82. The number of hydrogen-bond acceptors (Lipinski definition) is 3. The third-order valence-corrected chi connectivity index (χ3v) is 2.74. The van der Waals surface area contributed by atoms with Crippen molar-refractivity contribution < 1.29 is 5.11 Å². The first-order chi connectivity index (χ1) is 7.61. The minimum atomic E-state index is -0.798. The Morgan fingerprint density at radius 1 is 1.50 bits per heavy atom. The van der Waals surface area contributed by atoms with Crippen LogP contribution in [0.5, 0.6) is 0 Å². The van der Waals surface area contributed by atoms with Crippen molar-refractivity contribution in [2.45, 2.75) is 45.8 Å². The average Bonchev–Trinajstić information content (AvgIpc) is 2.67. The van der Waals surface area contributed by atoms with Gasteiger partial charge in [0.05, 0.1) is 5.69 Å². The Balaban J connectivity index is 2.68. The fourth-order valence-corrected chi connectivity index (χ4v) is 1.82. The lowest BCUT2D eigenvalue weighted by Gasteiger charge is -2.24. The summed E-state index contributed by atoms with van der Waals surface area (Å²) in [4.78, 5) is 0. The van der Waals surface area contributed by atoms with E-state index in [0.717, 1.165) is 31.7 Å². The number of nitrogens with zero attached hydrogens (tertiary/aromatic N) is 2. The highest BCUT2D eigenvalue weighted by Gasteiger charge is 2.26. The van der Waals surface area contributed by atoms with E-state index in [9.17, 15) is 5.11 Å². The van der Waals surface area contributed by atoms with Crippen LogP contribution in [-0.4, -0.2) is 28.0 Å². The van der Waals surface area contributed by atoms with Gasteiger partial charge in [-0.15, -0.1) is 0 Å². The van der Waals surface area contributed by atoms with Crippen LogP contribution in [0.4, 0.5) is 0 Å². The summed E-state index contributed by atoms with van der Waals surface area (Å²) in [5, 5.41) is 17.9. The third kappa shape index (κ3) is 3.32. The Morgan fingerprint density at radius 2 is 2.25 bits per heavy atom. The highest BCUT2D eigenvalue weighted by atomic mass is 16.3. The summed E-state index contributed by atoms with van der Waals surface area (Å²) in [6.07, 6.45) is 3.49. The molecular formula is C12H23N3O. The molecule has 1 unspecified atom stereocenters. The van der Waals surface area contributed by atoms with E-state index in [1.54, 1.807) is 6.20 Å². The van der Waals surface area contributed by atoms with Gasteiger partial charge in [0.25, 0.3) is 0 Å². The van der Waals surface area contributed by atoms with Crippen molar-refractivity contribution >= 4 is 0 Å². The summed E-state index contributed by atoms with van der Waals surface area (Å²) in [5.41, 5.74) is 0.112. The van der Waals surface area contributed by atoms with Crippen molar-refractivity contribution in [1.29, 1.82) is 0 Å². The van der Waals surface area contributed by atoms with Gasteiger partial charge in [-0.3, -0.25) is 4.68 Å². The highest BCUT2D eigenvalue weighted by Crippen LogP contribution is 2.23. The van der Waals surface area contributed by atoms with E-state index in [4.69, 9.17) is 0 Å². The number of aliphatic hydroxyl groups is 1. The average molecular weight is 225 g/mol. The van der Waals surface area contributed by atoms with Gasteiger partial charge in [0.2, 0.25) is 0 Å². The normalized spacial score (nSPS) is 15.0. The Morgan fingerprint density at radius 3 is 2.88 bits per heavy atom. The molecule has 0 saturated carbocycles. The molecule has 1 rings (SSSR count). The summed E-state index contributed by atoms with van der Waals surface area (Å²) in [5.74, 6) is 0. The van der Waals surface area contributed by atoms with Crippen molar-refractivity contribution in [3.8, 4) is 0 Å². The smallest absolute Gasteiger partial charge is 0.105 e. The van der Waals surface area contributed by atoms with Crippen LogP contribution in [0.1, 0.15) is 39.3 Å². The van der Waals surface area contributed by atoms with Crippen molar-refractivity contribution in [1.82, 2.24) is 15.1 Å². The second-order valence-corrected chi connectivity index (χ2v) is 4.32. The third-order valence-electron chi connectivity index (χ3n) is 2.74. The lowest BCUT2D eigenvalue weighted by atomic mass is 9.98. The standard InChI is InChI=1S/C12H23N3O/c1-4-10-15-11(6-8-14-15)12(3,16)7-9-13-5-2/h6,8,13,16H,4-5,7,9-10H2,1-3H3. The Labute approximate surface area is 97.7 Å². The van der Waals surface area contributed by atoms with Gasteiger partial charge >= 0.3 is 0 Å². The first-order valence-corrected chi connectivity index (χ1v) is 6.07. The molecule has 0 aliphatic heterocycles. The van der Waals surface area contributed by atoms with E-state index in [1.807, 2.05) is 17.7 Å². The van der Waals surface area contributed by atoms with Crippen LogP contribution >= 0.6 is 0 Å². The number of rotatable bonds is 7. The van der Waals surface area contributed by atoms with E-state index in [-0.39, 0.29) is 0 Å². The molecule has 1 aromatic rings. The maximum atomic E-state index is 10.4. The second kappa shape index (κ2) is 6.01. The molecule has 0 aliphatic rings. The topological polar surface area (TPSA) is 50.1 Å². The molecule has 0 aliphatic carbocycles. The number of nitrogens with one attached hydrogen (secondary N) is 1. The van der Waals surface area contributed by atoms with Crippen LogP contribution in [0.15, 0.2) is 12.3 Å². The zero-order valence-electron chi connectivity index (χ0n) is 10.5. The monoisotopic (exact) mass is 225 g/mol. The summed E-state index contributed by atoms with van der Waals surface area (Å²) in [6.45, 7) is 8.65. The fraction of sp³-hybridized carbons (Fsp3) is 0.750. The van der Waals surface area contributed by atoms with Crippen molar-refractivity contribution in [3.05, 3.63) is 18.0 Å². The minimum Gasteiger partial charge on any atom is -0.384 e. The number of aryl methyl sites for hydroxylation is 1. The Kier molecular flexibility index (Phi) is 4.96. The molecule has 0 spiro atoms. The van der Waals surface area contributed by atoms with Crippen LogP contribution in [0.25, 0.3) is 0 Å². The molecule has 0 bridgehead atoms. The molecule has 92 valence electrons. The van der Waals surface area contributed by atoms with E-state index >= 15 is 0 Å². The Bertz CT molecular complexity index is 307. The molecule has 0 amide bonds. The molecular weight excluding hydrogens is 202 g/mol. The quantitative estimate of drug-likeness (QED) is 0.691. The largest absolute Gasteiger partial charge is 0.384 e. The molecule has 4 nitrogen and oxygen atoms in total. The molecule has 2 N–H and O–H groups in total.